The Bertz CT molecular complexity index is 593. The Kier molecular flexibility index (Phi) is 4.57. The van der Waals surface area contributed by atoms with Gasteiger partial charge in [0.1, 0.15) is 0 Å². The first-order chi connectivity index (χ1) is 10.3. The molecule has 2 aromatic rings. The van der Waals surface area contributed by atoms with Crippen LogP contribution in [0.4, 0.5) is 5.69 Å². The number of nitrogens with zero attached hydrogens (tertiary/aromatic N) is 2. The Morgan fingerprint density at radius 3 is 3.10 bits per heavy atom. The Morgan fingerprint density at radius 1 is 1.43 bits per heavy atom. The minimum Gasteiger partial charge on any atom is -0.324 e. The standard InChI is InChI=1S/C15H18N4OS/c20-15(14-11-21-9-7-16-14)18-13-5-2-1-4-12(13)10-19-8-3-6-17-19/h1-6,8,14,16H,7,9-11H2,(H,18,20). The van der Waals surface area contributed by atoms with E-state index in [2.05, 4.69) is 15.7 Å². The van der Waals surface area contributed by atoms with Gasteiger partial charge in [0.25, 0.3) is 0 Å². The van der Waals surface area contributed by atoms with E-state index in [4.69, 9.17) is 0 Å². The van der Waals surface area contributed by atoms with E-state index < -0.39 is 0 Å². The summed E-state index contributed by atoms with van der Waals surface area (Å²) >= 11 is 1.81. The lowest BCUT2D eigenvalue weighted by Gasteiger charge is -2.22. The number of thioether (sulfide) groups is 1. The highest BCUT2D eigenvalue weighted by atomic mass is 32.2. The van der Waals surface area contributed by atoms with Gasteiger partial charge in [-0.3, -0.25) is 9.48 Å². The molecule has 0 saturated carbocycles. The number of para-hydroxylation sites is 1. The molecule has 1 aliphatic heterocycles. The van der Waals surface area contributed by atoms with Crippen molar-refractivity contribution in [1.29, 1.82) is 0 Å². The maximum atomic E-state index is 12.3. The zero-order chi connectivity index (χ0) is 14.5. The third-order valence-electron chi connectivity index (χ3n) is 3.40. The van der Waals surface area contributed by atoms with Crippen molar-refractivity contribution in [1.82, 2.24) is 15.1 Å². The van der Waals surface area contributed by atoms with Crippen LogP contribution in [-0.4, -0.2) is 39.8 Å². The molecule has 110 valence electrons. The second-order valence-electron chi connectivity index (χ2n) is 4.93. The second kappa shape index (κ2) is 6.78. The van der Waals surface area contributed by atoms with Gasteiger partial charge in [-0.15, -0.1) is 0 Å². The fraction of sp³-hybridized carbons (Fsp3) is 0.333. The van der Waals surface area contributed by atoms with Gasteiger partial charge in [0.15, 0.2) is 0 Å². The summed E-state index contributed by atoms with van der Waals surface area (Å²) in [6, 6.07) is 9.65. The highest BCUT2D eigenvalue weighted by Gasteiger charge is 2.21. The molecule has 0 bridgehead atoms. The summed E-state index contributed by atoms with van der Waals surface area (Å²) in [5.41, 5.74) is 1.91. The first kappa shape index (κ1) is 14.2. The van der Waals surface area contributed by atoms with Crippen LogP contribution < -0.4 is 10.6 Å². The molecule has 5 nitrogen and oxygen atoms in total. The number of hydrogen-bond donors (Lipinski definition) is 2. The van der Waals surface area contributed by atoms with Gasteiger partial charge in [-0.1, -0.05) is 18.2 Å². The first-order valence-electron chi connectivity index (χ1n) is 7.00. The maximum absolute atomic E-state index is 12.3. The summed E-state index contributed by atoms with van der Waals surface area (Å²) in [5, 5.41) is 10.5. The maximum Gasteiger partial charge on any atom is 0.242 e. The van der Waals surface area contributed by atoms with Gasteiger partial charge < -0.3 is 10.6 Å². The normalized spacial score (nSPS) is 18.4. The van der Waals surface area contributed by atoms with Crippen LogP contribution in [0.5, 0.6) is 0 Å². The molecule has 0 radical (unpaired) electrons. The summed E-state index contributed by atoms with van der Waals surface area (Å²) in [5.74, 6) is 1.93. The lowest BCUT2D eigenvalue weighted by Crippen LogP contribution is -2.46. The van der Waals surface area contributed by atoms with Crippen LogP contribution in [0.2, 0.25) is 0 Å². The topological polar surface area (TPSA) is 59.0 Å². The Balaban J connectivity index is 1.71. The van der Waals surface area contributed by atoms with Crippen LogP contribution in [0.1, 0.15) is 5.56 Å². The Hall–Kier alpha value is -1.79. The predicted molar refractivity (Wildman–Crippen MR) is 85.5 cm³/mol. The van der Waals surface area contributed by atoms with Crippen molar-refractivity contribution in [3.63, 3.8) is 0 Å². The summed E-state index contributed by atoms with van der Waals surface area (Å²) in [7, 11) is 0. The number of hydrogen-bond acceptors (Lipinski definition) is 4. The summed E-state index contributed by atoms with van der Waals surface area (Å²) in [6.45, 7) is 1.54. The molecule has 1 aliphatic rings. The Morgan fingerprint density at radius 2 is 2.33 bits per heavy atom. The molecule has 1 atom stereocenters. The van der Waals surface area contributed by atoms with E-state index >= 15 is 0 Å². The monoisotopic (exact) mass is 302 g/mol. The average molecular weight is 302 g/mol. The van der Waals surface area contributed by atoms with Crippen LogP contribution in [0.25, 0.3) is 0 Å². The van der Waals surface area contributed by atoms with Gasteiger partial charge in [-0.2, -0.15) is 16.9 Å². The van der Waals surface area contributed by atoms with E-state index in [0.717, 1.165) is 29.3 Å². The third-order valence-corrected chi connectivity index (χ3v) is 4.47. The molecule has 3 rings (SSSR count). The average Bonchev–Trinajstić information content (AvgIpc) is 3.03. The van der Waals surface area contributed by atoms with Crippen LogP contribution in [0.3, 0.4) is 0 Å². The van der Waals surface area contributed by atoms with Gasteiger partial charge in [-0.25, -0.2) is 0 Å². The minimum atomic E-state index is -0.110. The van der Waals surface area contributed by atoms with Crippen LogP contribution >= 0.6 is 11.8 Å². The van der Waals surface area contributed by atoms with Crippen molar-refractivity contribution >= 4 is 23.4 Å². The number of amides is 1. The number of carbonyl (C=O) groups is 1. The first-order valence-corrected chi connectivity index (χ1v) is 8.16. The van der Waals surface area contributed by atoms with Gasteiger partial charge in [0.05, 0.1) is 12.6 Å². The van der Waals surface area contributed by atoms with E-state index in [9.17, 15) is 4.79 Å². The fourth-order valence-electron chi connectivity index (χ4n) is 2.30. The molecule has 1 unspecified atom stereocenters. The summed E-state index contributed by atoms with van der Waals surface area (Å²) < 4.78 is 1.85. The van der Waals surface area contributed by atoms with Gasteiger partial charge in [0, 0.05) is 36.1 Å². The van der Waals surface area contributed by atoms with Gasteiger partial charge in [-0.05, 0) is 17.7 Å². The molecule has 1 aromatic heterocycles. The van der Waals surface area contributed by atoms with E-state index in [0.29, 0.717) is 6.54 Å². The van der Waals surface area contributed by atoms with Crippen molar-refractivity contribution in [2.24, 2.45) is 0 Å². The van der Waals surface area contributed by atoms with Gasteiger partial charge >= 0.3 is 0 Å². The van der Waals surface area contributed by atoms with Crippen molar-refractivity contribution < 1.29 is 4.79 Å². The number of anilines is 1. The minimum absolute atomic E-state index is 0.0371. The molecule has 1 amide bonds. The van der Waals surface area contributed by atoms with E-state index in [1.165, 1.54) is 0 Å². The molecular formula is C15H18N4OS. The molecule has 2 heterocycles. The zero-order valence-corrected chi connectivity index (χ0v) is 12.5. The van der Waals surface area contributed by atoms with Crippen LogP contribution in [0, 0.1) is 0 Å². The number of benzene rings is 1. The van der Waals surface area contributed by atoms with Crippen molar-refractivity contribution in [2.75, 3.05) is 23.4 Å². The fourth-order valence-corrected chi connectivity index (χ4v) is 3.24. The molecular weight excluding hydrogens is 284 g/mol. The smallest absolute Gasteiger partial charge is 0.242 e. The number of aromatic nitrogens is 2. The molecule has 6 heteroatoms. The lowest BCUT2D eigenvalue weighted by molar-refractivity contribution is -0.117. The van der Waals surface area contributed by atoms with E-state index in [-0.39, 0.29) is 11.9 Å². The molecule has 1 aromatic carbocycles. The molecule has 21 heavy (non-hydrogen) atoms. The van der Waals surface area contributed by atoms with E-state index in [1.54, 1.807) is 6.20 Å². The van der Waals surface area contributed by atoms with Crippen LogP contribution in [0.15, 0.2) is 42.7 Å². The quantitative estimate of drug-likeness (QED) is 0.900. The van der Waals surface area contributed by atoms with Crippen molar-refractivity contribution in [3.8, 4) is 0 Å². The lowest BCUT2D eigenvalue weighted by atomic mass is 10.1. The number of nitrogens with one attached hydrogen (secondary N) is 2. The van der Waals surface area contributed by atoms with Crippen molar-refractivity contribution in [3.05, 3.63) is 48.3 Å². The largest absolute Gasteiger partial charge is 0.324 e. The molecule has 1 saturated heterocycles. The zero-order valence-electron chi connectivity index (χ0n) is 11.7. The highest BCUT2D eigenvalue weighted by molar-refractivity contribution is 7.99. The van der Waals surface area contributed by atoms with Crippen molar-refractivity contribution in [2.45, 2.75) is 12.6 Å². The molecule has 0 spiro atoms. The van der Waals surface area contributed by atoms with Gasteiger partial charge in [0.2, 0.25) is 5.91 Å². The number of carbonyl (C=O) groups excluding carboxylic acids is 1. The molecule has 1 fully saturated rings. The van der Waals surface area contributed by atoms with E-state index in [1.807, 2.05) is 53.0 Å². The predicted octanol–water partition coefficient (Wildman–Crippen LogP) is 1.57. The second-order valence-corrected chi connectivity index (χ2v) is 6.08. The Labute approximate surface area is 128 Å². The molecule has 2 N–H and O–H groups in total. The summed E-state index contributed by atoms with van der Waals surface area (Å²) in [6.07, 6.45) is 3.67. The third kappa shape index (κ3) is 3.65. The SMILES string of the molecule is O=C(Nc1ccccc1Cn1cccn1)C1CSCCN1. The summed E-state index contributed by atoms with van der Waals surface area (Å²) in [4.78, 5) is 12.3. The number of rotatable bonds is 4. The van der Waals surface area contributed by atoms with Crippen LogP contribution in [-0.2, 0) is 11.3 Å². The highest BCUT2D eigenvalue weighted by Crippen LogP contribution is 2.17. The molecule has 0 aliphatic carbocycles.